The van der Waals surface area contributed by atoms with Crippen molar-refractivity contribution in [1.29, 1.82) is 0 Å². The lowest BCUT2D eigenvalue weighted by Gasteiger charge is -1.97. The molecule has 15 heavy (non-hydrogen) atoms. The van der Waals surface area contributed by atoms with E-state index >= 15 is 0 Å². The average Bonchev–Trinajstić information content (AvgIpc) is 2.46. The van der Waals surface area contributed by atoms with Crippen molar-refractivity contribution in [3.8, 4) is 0 Å². The zero-order chi connectivity index (χ0) is 11.0. The van der Waals surface area contributed by atoms with E-state index in [2.05, 4.69) is 18.8 Å². The molecule has 0 spiro atoms. The molecule has 0 saturated carbocycles. The average molecular weight is 225 g/mol. The van der Waals surface area contributed by atoms with Gasteiger partial charge in [-0.05, 0) is 12.0 Å². The van der Waals surface area contributed by atoms with E-state index in [1.165, 1.54) is 0 Å². The van der Waals surface area contributed by atoms with Crippen LogP contribution in [0.2, 0.25) is 5.02 Å². The summed E-state index contributed by atoms with van der Waals surface area (Å²) in [5.41, 5.74) is 7.67. The highest BCUT2D eigenvalue weighted by molar-refractivity contribution is 6.33. The van der Waals surface area contributed by atoms with Crippen molar-refractivity contribution in [3.63, 3.8) is 0 Å². The fourth-order valence-corrected chi connectivity index (χ4v) is 1.61. The Balaban J connectivity index is 2.47. The number of fused-ring (bicyclic) bond motifs is 1. The molecule has 0 amide bonds. The third-order valence-electron chi connectivity index (χ3n) is 2.13. The lowest BCUT2D eigenvalue weighted by Crippen LogP contribution is -1.93. The Labute approximate surface area is 93.2 Å². The molecular formula is C11H13ClN2O. The first-order chi connectivity index (χ1) is 7.06. The van der Waals surface area contributed by atoms with Crippen LogP contribution in [0.25, 0.3) is 11.1 Å². The van der Waals surface area contributed by atoms with Gasteiger partial charge in [0, 0.05) is 12.5 Å². The molecule has 0 aliphatic heterocycles. The van der Waals surface area contributed by atoms with E-state index in [1.807, 2.05) is 0 Å². The van der Waals surface area contributed by atoms with Gasteiger partial charge in [0.05, 0.1) is 10.7 Å². The predicted molar refractivity (Wildman–Crippen MR) is 62.0 cm³/mol. The number of benzene rings is 1. The maximum absolute atomic E-state index is 5.90. The molecule has 0 saturated heterocycles. The van der Waals surface area contributed by atoms with Crippen molar-refractivity contribution in [1.82, 2.24) is 4.98 Å². The number of nitrogens with two attached hydrogens (primary N) is 1. The zero-order valence-corrected chi connectivity index (χ0v) is 9.51. The largest absolute Gasteiger partial charge is 0.441 e. The third-order valence-corrected chi connectivity index (χ3v) is 2.46. The molecule has 1 heterocycles. The molecule has 1 aromatic heterocycles. The van der Waals surface area contributed by atoms with Crippen molar-refractivity contribution in [3.05, 3.63) is 23.0 Å². The molecule has 80 valence electrons. The van der Waals surface area contributed by atoms with Crippen LogP contribution in [0.15, 0.2) is 16.5 Å². The van der Waals surface area contributed by atoms with Crippen LogP contribution in [-0.2, 0) is 6.42 Å². The summed E-state index contributed by atoms with van der Waals surface area (Å²) in [5, 5.41) is 0.520. The van der Waals surface area contributed by atoms with E-state index in [9.17, 15) is 0 Å². The van der Waals surface area contributed by atoms with Crippen LogP contribution in [0.5, 0.6) is 0 Å². The zero-order valence-electron chi connectivity index (χ0n) is 8.75. The van der Waals surface area contributed by atoms with Crippen LogP contribution >= 0.6 is 11.6 Å². The second-order valence-corrected chi connectivity index (χ2v) is 4.45. The smallest absolute Gasteiger partial charge is 0.195 e. The van der Waals surface area contributed by atoms with E-state index in [0.717, 1.165) is 17.8 Å². The number of nitrogens with zero attached hydrogens (tertiary/aromatic N) is 1. The Kier molecular flexibility index (Phi) is 2.57. The summed E-state index contributed by atoms with van der Waals surface area (Å²) < 4.78 is 5.56. The van der Waals surface area contributed by atoms with Gasteiger partial charge in [0.25, 0.3) is 0 Å². The molecule has 0 unspecified atom stereocenters. The lowest BCUT2D eigenvalue weighted by molar-refractivity contribution is 0.482. The lowest BCUT2D eigenvalue weighted by atomic mass is 10.1. The first kappa shape index (κ1) is 10.3. The molecular weight excluding hydrogens is 212 g/mol. The van der Waals surface area contributed by atoms with Crippen molar-refractivity contribution in [2.24, 2.45) is 5.92 Å². The number of nitrogen functional groups attached to an aromatic ring is 1. The summed E-state index contributed by atoms with van der Waals surface area (Å²) in [6, 6.07) is 3.45. The van der Waals surface area contributed by atoms with Gasteiger partial charge < -0.3 is 10.2 Å². The highest BCUT2D eigenvalue weighted by Crippen LogP contribution is 2.26. The van der Waals surface area contributed by atoms with Gasteiger partial charge in [-0.1, -0.05) is 25.4 Å². The van der Waals surface area contributed by atoms with E-state index < -0.39 is 0 Å². The topological polar surface area (TPSA) is 52.0 Å². The van der Waals surface area contributed by atoms with Crippen molar-refractivity contribution < 1.29 is 4.42 Å². The molecule has 1 aromatic carbocycles. The second kappa shape index (κ2) is 3.74. The summed E-state index contributed by atoms with van der Waals surface area (Å²) in [6.45, 7) is 4.24. The number of hydrogen-bond donors (Lipinski definition) is 1. The van der Waals surface area contributed by atoms with E-state index in [4.69, 9.17) is 21.8 Å². The normalized spacial score (nSPS) is 11.5. The van der Waals surface area contributed by atoms with Gasteiger partial charge in [0.15, 0.2) is 11.5 Å². The minimum absolute atomic E-state index is 0.519. The number of oxazole rings is 1. The summed E-state index contributed by atoms with van der Waals surface area (Å²) in [6.07, 6.45) is 0.826. The molecule has 0 aliphatic carbocycles. The molecule has 0 fully saturated rings. The van der Waals surface area contributed by atoms with Gasteiger partial charge >= 0.3 is 0 Å². The molecule has 0 bridgehead atoms. The van der Waals surface area contributed by atoms with E-state index in [1.54, 1.807) is 12.1 Å². The summed E-state index contributed by atoms with van der Waals surface area (Å²) >= 11 is 5.90. The standard InChI is InChI=1S/C11H13ClN2O/c1-6(2)3-11-14-9-4-7(12)8(13)5-10(9)15-11/h4-6H,3,13H2,1-2H3. The molecule has 0 radical (unpaired) electrons. The molecule has 0 atom stereocenters. The van der Waals surface area contributed by atoms with Crippen molar-refractivity contribution in [2.75, 3.05) is 5.73 Å². The fraction of sp³-hybridized carbons (Fsp3) is 0.364. The molecule has 2 rings (SSSR count). The van der Waals surface area contributed by atoms with Crippen LogP contribution in [0.4, 0.5) is 5.69 Å². The Bertz CT molecular complexity index is 452. The number of halogens is 1. The van der Waals surface area contributed by atoms with Gasteiger partial charge in [-0.25, -0.2) is 4.98 Å². The fourth-order valence-electron chi connectivity index (χ4n) is 1.45. The number of anilines is 1. The summed E-state index contributed by atoms with van der Waals surface area (Å²) in [5.74, 6) is 1.26. The summed E-state index contributed by atoms with van der Waals surface area (Å²) in [7, 11) is 0. The quantitative estimate of drug-likeness (QED) is 0.797. The number of hydrogen-bond acceptors (Lipinski definition) is 3. The van der Waals surface area contributed by atoms with Gasteiger partial charge in [-0.2, -0.15) is 0 Å². The predicted octanol–water partition coefficient (Wildman–Crippen LogP) is 3.26. The molecule has 0 aliphatic rings. The van der Waals surface area contributed by atoms with Crippen LogP contribution in [0.3, 0.4) is 0 Å². The molecule has 4 heteroatoms. The molecule has 2 aromatic rings. The Morgan fingerprint density at radius 1 is 1.47 bits per heavy atom. The summed E-state index contributed by atoms with van der Waals surface area (Å²) in [4.78, 5) is 4.35. The van der Waals surface area contributed by atoms with Gasteiger partial charge in [-0.3, -0.25) is 0 Å². The second-order valence-electron chi connectivity index (χ2n) is 4.05. The highest BCUT2D eigenvalue weighted by Gasteiger charge is 2.09. The monoisotopic (exact) mass is 224 g/mol. The van der Waals surface area contributed by atoms with Gasteiger partial charge in [0.2, 0.25) is 0 Å². The Morgan fingerprint density at radius 2 is 2.20 bits per heavy atom. The molecule has 2 N–H and O–H groups in total. The van der Waals surface area contributed by atoms with Crippen LogP contribution in [0.1, 0.15) is 19.7 Å². The number of rotatable bonds is 2. The van der Waals surface area contributed by atoms with E-state index in [-0.39, 0.29) is 0 Å². The Hall–Kier alpha value is -1.22. The maximum Gasteiger partial charge on any atom is 0.195 e. The highest BCUT2D eigenvalue weighted by atomic mass is 35.5. The van der Waals surface area contributed by atoms with Crippen molar-refractivity contribution in [2.45, 2.75) is 20.3 Å². The van der Waals surface area contributed by atoms with Crippen LogP contribution in [0, 0.1) is 5.92 Å². The number of aromatic nitrogens is 1. The van der Waals surface area contributed by atoms with Gasteiger partial charge in [0.1, 0.15) is 5.52 Å². The maximum atomic E-state index is 5.90. The van der Waals surface area contributed by atoms with Crippen LogP contribution in [-0.4, -0.2) is 4.98 Å². The SMILES string of the molecule is CC(C)Cc1nc2cc(Cl)c(N)cc2o1. The molecule has 3 nitrogen and oxygen atoms in total. The minimum atomic E-state index is 0.519. The van der Waals surface area contributed by atoms with Gasteiger partial charge in [-0.15, -0.1) is 0 Å². The third kappa shape index (κ3) is 2.07. The van der Waals surface area contributed by atoms with E-state index in [0.29, 0.717) is 22.2 Å². The minimum Gasteiger partial charge on any atom is -0.441 e. The van der Waals surface area contributed by atoms with Crippen LogP contribution < -0.4 is 5.73 Å². The Morgan fingerprint density at radius 3 is 2.87 bits per heavy atom. The van der Waals surface area contributed by atoms with Crippen molar-refractivity contribution >= 4 is 28.4 Å². The first-order valence-corrected chi connectivity index (χ1v) is 5.28. The first-order valence-electron chi connectivity index (χ1n) is 4.90.